The molecule has 2 N–H and O–H groups in total. The molecule has 5 nitrogen and oxygen atoms in total. The summed E-state index contributed by atoms with van der Waals surface area (Å²) >= 11 is 0. The van der Waals surface area contributed by atoms with Crippen LogP contribution in [0.1, 0.15) is 31.4 Å². The quantitative estimate of drug-likeness (QED) is 0.781. The van der Waals surface area contributed by atoms with E-state index < -0.39 is 0 Å². The van der Waals surface area contributed by atoms with Crippen LogP contribution < -0.4 is 10.6 Å². The largest absolute Gasteiger partial charge is 0.352 e. The Morgan fingerprint density at radius 2 is 2.28 bits per heavy atom. The minimum Gasteiger partial charge on any atom is -0.352 e. The van der Waals surface area contributed by atoms with Crippen molar-refractivity contribution in [1.82, 2.24) is 20.2 Å². The molecule has 5 heteroatoms. The molecular weight excluding hydrogens is 228 g/mol. The molecule has 0 spiro atoms. The van der Waals surface area contributed by atoms with Gasteiger partial charge in [0.2, 0.25) is 5.91 Å². The molecule has 1 aromatic heterocycles. The summed E-state index contributed by atoms with van der Waals surface area (Å²) in [5.41, 5.74) is 1.03. The first-order valence-corrected chi connectivity index (χ1v) is 6.72. The van der Waals surface area contributed by atoms with Gasteiger partial charge in [0.15, 0.2) is 0 Å². The van der Waals surface area contributed by atoms with Gasteiger partial charge < -0.3 is 15.2 Å². The Morgan fingerprint density at radius 3 is 3.00 bits per heavy atom. The lowest BCUT2D eigenvalue weighted by molar-refractivity contribution is -0.122. The van der Waals surface area contributed by atoms with E-state index in [1.807, 2.05) is 17.8 Å². The SMILES string of the molecule is CNCCc1cn(CC(=O)NC2CCCC2)cn1. The van der Waals surface area contributed by atoms with Gasteiger partial charge in [-0.25, -0.2) is 4.98 Å². The maximum absolute atomic E-state index is 11.8. The highest BCUT2D eigenvalue weighted by molar-refractivity contribution is 5.76. The van der Waals surface area contributed by atoms with E-state index in [1.54, 1.807) is 6.33 Å². The number of carbonyl (C=O) groups is 1. The number of hydrogen-bond donors (Lipinski definition) is 2. The molecule has 1 fully saturated rings. The van der Waals surface area contributed by atoms with Crippen LogP contribution in [-0.4, -0.2) is 35.1 Å². The van der Waals surface area contributed by atoms with E-state index in [9.17, 15) is 4.79 Å². The molecule has 1 aliphatic rings. The van der Waals surface area contributed by atoms with Gasteiger partial charge in [-0.05, 0) is 19.9 Å². The molecule has 18 heavy (non-hydrogen) atoms. The van der Waals surface area contributed by atoms with Crippen molar-refractivity contribution in [3.63, 3.8) is 0 Å². The Kier molecular flexibility index (Phi) is 4.75. The van der Waals surface area contributed by atoms with Crippen molar-refractivity contribution in [1.29, 1.82) is 0 Å². The van der Waals surface area contributed by atoms with Crippen molar-refractivity contribution in [3.05, 3.63) is 18.2 Å². The van der Waals surface area contributed by atoms with Crippen molar-refractivity contribution < 1.29 is 4.79 Å². The molecule has 1 amide bonds. The first-order valence-electron chi connectivity index (χ1n) is 6.72. The lowest BCUT2D eigenvalue weighted by Crippen LogP contribution is -2.34. The fourth-order valence-electron chi connectivity index (χ4n) is 2.38. The van der Waals surface area contributed by atoms with Gasteiger partial charge in [-0.1, -0.05) is 12.8 Å². The third kappa shape index (κ3) is 3.84. The second-order valence-corrected chi connectivity index (χ2v) is 4.94. The molecule has 1 aromatic rings. The molecular formula is C13H22N4O. The first kappa shape index (κ1) is 13.1. The van der Waals surface area contributed by atoms with Gasteiger partial charge in [0.25, 0.3) is 0 Å². The molecule has 0 radical (unpaired) electrons. The Morgan fingerprint density at radius 1 is 1.50 bits per heavy atom. The molecule has 0 saturated heterocycles. The molecule has 0 bridgehead atoms. The van der Waals surface area contributed by atoms with E-state index in [-0.39, 0.29) is 5.91 Å². The fraction of sp³-hybridized carbons (Fsp3) is 0.692. The average molecular weight is 250 g/mol. The second-order valence-electron chi connectivity index (χ2n) is 4.94. The monoisotopic (exact) mass is 250 g/mol. The molecule has 0 aromatic carbocycles. The maximum Gasteiger partial charge on any atom is 0.240 e. The minimum absolute atomic E-state index is 0.0967. The number of amides is 1. The molecule has 0 unspecified atom stereocenters. The highest BCUT2D eigenvalue weighted by atomic mass is 16.2. The maximum atomic E-state index is 11.8. The number of hydrogen-bond acceptors (Lipinski definition) is 3. The van der Waals surface area contributed by atoms with Gasteiger partial charge >= 0.3 is 0 Å². The summed E-state index contributed by atoms with van der Waals surface area (Å²) in [7, 11) is 1.92. The van der Waals surface area contributed by atoms with Crippen molar-refractivity contribution in [2.75, 3.05) is 13.6 Å². The zero-order valence-electron chi connectivity index (χ0n) is 11.0. The molecule has 1 heterocycles. The van der Waals surface area contributed by atoms with Gasteiger partial charge in [-0.2, -0.15) is 0 Å². The van der Waals surface area contributed by atoms with Crippen molar-refractivity contribution in [3.8, 4) is 0 Å². The summed E-state index contributed by atoms with van der Waals surface area (Å²) in [6.07, 6.45) is 9.32. The van der Waals surface area contributed by atoms with Crippen molar-refractivity contribution in [2.45, 2.75) is 44.7 Å². The van der Waals surface area contributed by atoms with Crippen molar-refractivity contribution >= 4 is 5.91 Å². The van der Waals surface area contributed by atoms with Crippen LogP contribution in [0.25, 0.3) is 0 Å². The van der Waals surface area contributed by atoms with Gasteiger partial charge in [-0.3, -0.25) is 4.79 Å². The van der Waals surface area contributed by atoms with Crippen LogP contribution in [0.2, 0.25) is 0 Å². The van der Waals surface area contributed by atoms with Gasteiger partial charge in [0.05, 0.1) is 12.0 Å². The summed E-state index contributed by atoms with van der Waals surface area (Å²) in [6.45, 7) is 1.29. The number of nitrogens with zero attached hydrogens (tertiary/aromatic N) is 2. The van der Waals surface area contributed by atoms with Crippen LogP contribution in [0.15, 0.2) is 12.5 Å². The Labute approximate surface area is 108 Å². The van der Waals surface area contributed by atoms with Crippen LogP contribution in [0.5, 0.6) is 0 Å². The highest BCUT2D eigenvalue weighted by Gasteiger charge is 2.17. The van der Waals surface area contributed by atoms with Crippen LogP contribution >= 0.6 is 0 Å². The standard InChI is InChI=1S/C13H22N4O/c1-14-7-6-12-8-17(10-15-12)9-13(18)16-11-4-2-3-5-11/h8,10-11,14H,2-7,9H2,1H3,(H,16,18). The predicted molar refractivity (Wildman–Crippen MR) is 70.3 cm³/mol. The third-order valence-corrected chi connectivity index (χ3v) is 3.36. The van der Waals surface area contributed by atoms with Crippen LogP contribution in [-0.2, 0) is 17.8 Å². The lowest BCUT2D eigenvalue weighted by atomic mass is 10.2. The average Bonchev–Trinajstić information content (AvgIpc) is 2.98. The molecule has 0 aliphatic heterocycles. The fourth-order valence-corrected chi connectivity index (χ4v) is 2.38. The normalized spacial score (nSPS) is 16.1. The van der Waals surface area contributed by atoms with Gasteiger partial charge in [0.1, 0.15) is 6.54 Å². The number of rotatable bonds is 6. The third-order valence-electron chi connectivity index (χ3n) is 3.36. The number of likely N-dealkylation sites (N-methyl/N-ethyl adjacent to an activating group) is 1. The number of nitrogens with one attached hydrogen (secondary N) is 2. The van der Waals surface area contributed by atoms with Gasteiger partial charge in [-0.15, -0.1) is 0 Å². The molecule has 100 valence electrons. The van der Waals surface area contributed by atoms with Crippen LogP contribution in [0, 0.1) is 0 Å². The summed E-state index contributed by atoms with van der Waals surface area (Å²) in [5.74, 6) is 0.0967. The second kappa shape index (κ2) is 6.54. The Balaban J connectivity index is 1.77. The van der Waals surface area contributed by atoms with E-state index >= 15 is 0 Å². The molecule has 1 saturated carbocycles. The first-order chi connectivity index (χ1) is 8.78. The number of carbonyl (C=O) groups excluding carboxylic acids is 1. The van der Waals surface area contributed by atoms with Crippen LogP contribution in [0.3, 0.4) is 0 Å². The van der Waals surface area contributed by atoms with E-state index in [0.29, 0.717) is 12.6 Å². The predicted octanol–water partition coefficient (Wildman–Crippen LogP) is 0.704. The summed E-state index contributed by atoms with van der Waals surface area (Å²) in [4.78, 5) is 16.1. The van der Waals surface area contributed by atoms with E-state index in [4.69, 9.17) is 0 Å². The van der Waals surface area contributed by atoms with E-state index in [2.05, 4.69) is 15.6 Å². The Bertz CT molecular complexity index is 382. The highest BCUT2D eigenvalue weighted by Crippen LogP contribution is 2.17. The van der Waals surface area contributed by atoms with Crippen LogP contribution in [0.4, 0.5) is 0 Å². The Hall–Kier alpha value is -1.36. The zero-order valence-corrected chi connectivity index (χ0v) is 11.0. The zero-order chi connectivity index (χ0) is 12.8. The molecule has 1 aliphatic carbocycles. The molecule has 2 rings (SSSR count). The van der Waals surface area contributed by atoms with E-state index in [0.717, 1.165) is 31.5 Å². The summed E-state index contributed by atoms with van der Waals surface area (Å²) in [6, 6.07) is 0.393. The number of aromatic nitrogens is 2. The summed E-state index contributed by atoms with van der Waals surface area (Å²) < 4.78 is 1.86. The summed E-state index contributed by atoms with van der Waals surface area (Å²) in [5, 5.41) is 6.17. The van der Waals surface area contributed by atoms with Gasteiger partial charge in [0, 0.05) is 25.2 Å². The topological polar surface area (TPSA) is 59.0 Å². The lowest BCUT2D eigenvalue weighted by Gasteiger charge is -2.11. The van der Waals surface area contributed by atoms with Crippen molar-refractivity contribution in [2.24, 2.45) is 0 Å². The minimum atomic E-state index is 0.0967. The number of imidazole rings is 1. The van der Waals surface area contributed by atoms with E-state index in [1.165, 1.54) is 12.8 Å². The smallest absolute Gasteiger partial charge is 0.240 e. The molecule has 0 atom stereocenters.